The zero-order chi connectivity index (χ0) is 13.7. The van der Waals surface area contributed by atoms with Crippen LogP contribution in [0.5, 0.6) is 0 Å². The molecule has 0 bridgehead atoms. The lowest BCUT2D eigenvalue weighted by Crippen LogP contribution is -2.45. The van der Waals surface area contributed by atoms with Gasteiger partial charge in [0.1, 0.15) is 6.04 Å². The van der Waals surface area contributed by atoms with Crippen molar-refractivity contribution in [2.45, 2.75) is 26.3 Å². The van der Waals surface area contributed by atoms with Gasteiger partial charge in [-0.15, -0.1) is 0 Å². The van der Waals surface area contributed by atoms with Crippen LogP contribution in [0.2, 0.25) is 0 Å². The fraction of sp³-hybridized carbons (Fsp3) is 0.385. The largest absolute Gasteiger partial charge is 0.480 e. The van der Waals surface area contributed by atoms with E-state index in [1.54, 1.807) is 31.2 Å². The van der Waals surface area contributed by atoms with Gasteiger partial charge in [-0.25, -0.2) is 4.79 Å². The van der Waals surface area contributed by atoms with Crippen LogP contribution < -0.4 is 5.32 Å². The van der Waals surface area contributed by atoms with Gasteiger partial charge in [-0.1, -0.05) is 42.3 Å². The molecule has 98 valence electrons. The van der Waals surface area contributed by atoms with Crippen molar-refractivity contribution in [2.75, 3.05) is 0 Å². The Balaban J connectivity index is 2.82. The van der Waals surface area contributed by atoms with E-state index in [2.05, 4.69) is 21.2 Å². The molecule has 0 aliphatic rings. The molecule has 0 aromatic heterocycles. The average molecular weight is 314 g/mol. The molecule has 1 aromatic rings. The smallest absolute Gasteiger partial charge is 0.326 e. The van der Waals surface area contributed by atoms with Crippen molar-refractivity contribution in [3.05, 3.63) is 34.3 Å². The lowest BCUT2D eigenvalue weighted by molar-refractivity contribution is -0.140. The molecular weight excluding hydrogens is 298 g/mol. The van der Waals surface area contributed by atoms with Gasteiger partial charge in [0, 0.05) is 10.0 Å². The number of aliphatic carboxylic acids is 1. The Kier molecular flexibility index (Phi) is 5.34. The number of nitrogens with one attached hydrogen (secondary N) is 1. The van der Waals surface area contributed by atoms with Gasteiger partial charge in [0.05, 0.1) is 0 Å². The molecule has 0 aliphatic carbocycles. The van der Waals surface area contributed by atoms with E-state index in [0.717, 1.165) is 4.47 Å². The molecule has 1 unspecified atom stereocenters. The van der Waals surface area contributed by atoms with E-state index in [-0.39, 0.29) is 11.8 Å². The van der Waals surface area contributed by atoms with Gasteiger partial charge in [0.15, 0.2) is 0 Å². The van der Waals surface area contributed by atoms with Crippen LogP contribution in [0.4, 0.5) is 0 Å². The number of carbonyl (C=O) groups is 2. The first kappa shape index (κ1) is 14.7. The molecule has 1 rings (SSSR count). The Morgan fingerprint density at radius 3 is 2.61 bits per heavy atom. The first-order valence-electron chi connectivity index (χ1n) is 5.75. The van der Waals surface area contributed by atoms with Crippen molar-refractivity contribution in [1.82, 2.24) is 5.32 Å². The molecule has 0 spiro atoms. The number of rotatable bonds is 5. The number of hydrogen-bond donors (Lipinski definition) is 2. The molecule has 0 radical (unpaired) electrons. The lowest BCUT2D eigenvalue weighted by Gasteiger charge is -2.20. The summed E-state index contributed by atoms with van der Waals surface area (Å²) in [5, 5.41) is 11.7. The van der Waals surface area contributed by atoms with Crippen LogP contribution in [0.15, 0.2) is 28.7 Å². The molecule has 2 N–H and O–H groups in total. The molecule has 2 atom stereocenters. The summed E-state index contributed by atoms with van der Waals surface area (Å²) >= 11 is 3.27. The molecular formula is C13H16BrNO3. The van der Waals surface area contributed by atoms with Crippen LogP contribution in [-0.4, -0.2) is 23.0 Å². The van der Waals surface area contributed by atoms with E-state index >= 15 is 0 Å². The van der Waals surface area contributed by atoms with E-state index < -0.39 is 12.0 Å². The number of amides is 1. The third-order valence-electron chi connectivity index (χ3n) is 2.85. The predicted molar refractivity (Wildman–Crippen MR) is 72.5 cm³/mol. The Hall–Kier alpha value is -1.36. The number of hydrogen-bond acceptors (Lipinski definition) is 2. The summed E-state index contributed by atoms with van der Waals surface area (Å²) in [5.74, 6) is -1.49. The van der Waals surface area contributed by atoms with Crippen LogP contribution in [0.1, 0.15) is 30.6 Å². The van der Waals surface area contributed by atoms with Crippen molar-refractivity contribution in [3.8, 4) is 0 Å². The third kappa shape index (κ3) is 3.84. The molecule has 0 heterocycles. The number of carboxylic acids is 1. The summed E-state index contributed by atoms with van der Waals surface area (Å²) in [6.45, 7) is 3.70. The maximum Gasteiger partial charge on any atom is 0.326 e. The summed E-state index contributed by atoms with van der Waals surface area (Å²) < 4.78 is 0.783. The van der Waals surface area contributed by atoms with Gasteiger partial charge in [0.25, 0.3) is 5.91 Å². The Bertz CT molecular complexity index is 448. The average Bonchev–Trinajstić information content (AvgIpc) is 2.34. The molecule has 0 saturated heterocycles. The number of benzene rings is 1. The van der Waals surface area contributed by atoms with Crippen LogP contribution in [-0.2, 0) is 4.79 Å². The van der Waals surface area contributed by atoms with E-state index in [0.29, 0.717) is 12.0 Å². The topological polar surface area (TPSA) is 66.4 Å². The predicted octanol–water partition coefficient (Wildman–Crippen LogP) is 2.68. The fourth-order valence-electron chi connectivity index (χ4n) is 1.54. The highest BCUT2D eigenvalue weighted by Crippen LogP contribution is 2.13. The van der Waals surface area contributed by atoms with Gasteiger partial charge in [0.2, 0.25) is 0 Å². The summed E-state index contributed by atoms with van der Waals surface area (Å²) in [4.78, 5) is 23.0. The highest BCUT2D eigenvalue weighted by atomic mass is 79.9. The van der Waals surface area contributed by atoms with Crippen LogP contribution in [0, 0.1) is 5.92 Å². The van der Waals surface area contributed by atoms with Crippen molar-refractivity contribution >= 4 is 27.8 Å². The maximum atomic E-state index is 11.9. The van der Waals surface area contributed by atoms with E-state index in [9.17, 15) is 9.59 Å². The monoisotopic (exact) mass is 313 g/mol. The van der Waals surface area contributed by atoms with Crippen LogP contribution in [0.25, 0.3) is 0 Å². The van der Waals surface area contributed by atoms with Crippen molar-refractivity contribution in [3.63, 3.8) is 0 Å². The minimum absolute atomic E-state index is 0.112. The lowest BCUT2D eigenvalue weighted by atomic mass is 9.99. The molecule has 18 heavy (non-hydrogen) atoms. The van der Waals surface area contributed by atoms with Crippen LogP contribution >= 0.6 is 15.9 Å². The van der Waals surface area contributed by atoms with Gasteiger partial charge in [-0.3, -0.25) is 4.79 Å². The van der Waals surface area contributed by atoms with E-state index in [4.69, 9.17) is 5.11 Å². The normalized spacial score (nSPS) is 13.7. The first-order chi connectivity index (χ1) is 8.45. The number of carbonyl (C=O) groups excluding carboxylic acids is 1. The second-order valence-electron chi connectivity index (χ2n) is 4.19. The minimum atomic E-state index is -1.01. The standard InChI is InChI=1S/C13H16BrNO3/c1-3-8(2)11(13(17)18)15-12(16)9-5-4-6-10(14)7-9/h4-8,11H,3H2,1-2H3,(H,15,16)(H,17,18)/t8?,11-/m0/s1. The van der Waals surface area contributed by atoms with Gasteiger partial charge in [-0.05, 0) is 24.1 Å². The SMILES string of the molecule is CCC(C)[C@H](NC(=O)c1cccc(Br)c1)C(=O)O. The highest BCUT2D eigenvalue weighted by Gasteiger charge is 2.25. The van der Waals surface area contributed by atoms with E-state index in [1.807, 2.05) is 6.92 Å². The summed E-state index contributed by atoms with van der Waals surface area (Å²) in [6.07, 6.45) is 0.690. The number of halogens is 1. The molecule has 0 aliphatic heterocycles. The zero-order valence-electron chi connectivity index (χ0n) is 10.3. The zero-order valence-corrected chi connectivity index (χ0v) is 11.9. The quantitative estimate of drug-likeness (QED) is 0.878. The fourth-order valence-corrected chi connectivity index (χ4v) is 1.94. The summed E-state index contributed by atoms with van der Waals surface area (Å²) in [6, 6.07) is 5.99. The van der Waals surface area contributed by atoms with E-state index in [1.165, 1.54) is 0 Å². The molecule has 0 saturated carbocycles. The second-order valence-corrected chi connectivity index (χ2v) is 5.10. The molecule has 4 nitrogen and oxygen atoms in total. The molecule has 5 heteroatoms. The third-order valence-corrected chi connectivity index (χ3v) is 3.35. The minimum Gasteiger partial charge on any atom is -0.480 e. The van der Waals surface area contributed by atoms with Gasteiger partial charge >= 0.3 is 5.97 Å². The van der Waals surface area contributed by atoms with Gasteiger partial charge < -0.3 is 10.4 Å². The summed E-state index contributed by atoms with van der Waals surface area (Å²) in [5.41, 5.74) is 0.443. The van der Waals surface area contributed by atoms with Crippen molar-refractivity contribution < 1.29 is 14.7 Å². The van der Waals surface area contributed by atoms with Crippen LogP contribution in [0.3, 0.4) is 0 Å². The molecule has 1 amide bonds. The Morgan fingerprint density at radius 2 is 2.11 bits per heavy atom. The summed E-state index contributed by atoms with van der Waals surface area (Å²) in [7, 11) is 0. The van der Waals surface area contributed by atoms with Crippen molar-refractivity contribution in [1.29, 1.82) is 0 Å². The Morgan fingerprint density at radius 1 is 1.44 bits per heavy atom. The molecule has 1 aromatic carbocycles. The van der Waals surface area contributed by atoms with Crippen molar-refractivity contribution in [2.24, 2.45) is 5.92 Å². The Labute approximate surface area is 115 Å². The first-order valence-corrected chi connectivity index (χ1v) is 6.54. The number of carboxylic acid groups (broad SMARTS) is 1. The van der Waals surface area contributed by atoms with Gasteiger partial charge in [-0.2, -0.15) is 0 Å². The maximum absolute atomic E-state index is 11.9. The highest BCUT2D eigenvalue weighted by molar-refractivity contribution is 9.10. The second kappa shape index (κ2) is 6.54. The molecule has 0 fully saturated rings.